The highest BCUT2D eigenvalue weighted by Crippen LogP contribution is 2.57. The van der Waals surface area contributed by atoms with Crippen LogP contribution in [0.4, 0.5) is 0 Å². The van der Waals surface area contributed by atoms with Gasteiger partial charge in [0, 0.05) is 5.41 Å². The van der Waals surface area contributed by atoms with Crippen LogP contribution in [-0.4, -0.2) is 0 Å². The fourth-order valence-corrected chi connectivity index (χ4v) is 9.24. The van der Waals surface area contributed by atoms with E-state index in [4.69, 9.17) is 0 Å². The lowest BCUT2D eigenvalue weighted by Gasteiger charge is -2.20. The first-order chi connectivity index (χ1) is 35.3. The molecule has 0 amide bonds. The fourth-order valence-electron chi connectivity index (χ4n) is 9.24. The first-order valence-electron chi connectivity index (χ1n) is 25.0. The molecule has 356 valence electrons. The van der Waals surface area contributed by atoms with Gasteiger partial charge in [-0.25, -0.2) is 0 Å². The second-order valence-electron chi connectivity index (χ2n) is 18.1. The van der Waals surface area contributed by atoms with Crippen molar-refractivity contribution in [3.63, 3.8) is 0 Å². The molecular formula is C72H68. The summed E-state index contributed by atoms with van der Waals surface area (Å²) < 4.78 is 0. The molecule has 2 atom stereocenters. The summed E-state index contributed by atoms with van der Waals surface area (Å²) in [6.07, 6.45) is 33.3. The van der Waals surface area contributed by atoms with Crippen LogP contribution < -0.4 is 0 Å². The molecule has 1 aliphatic carbocycles. The van der Waals surface area contributed by atoms with Crippen molar-refractivity contribution in [2.24, 2.45) is 5.41 Å². The Hall–Kier alpha value is -8.42. The van der Waals surface area contributed by atoms with E-state index in [0.717, 1.165) is 19.3 Å². The van der Waals surface area contributed by atoms with Gasteiger partial charge in [-0.2, -0.15) is 0 Å². The van der Waals surface area contributed by atoms with Crippen LogP contribution in [0.1, 0.15) is 69.2 Å². The van der Waals surface area contributed by atoms with Crippen molar-refractivity contribution in [2.75, 3.05) is 0 Å². The summed E-state index contributed by atoms with van der Waals surface area (Å²) in [5, 5.41) is 0. The molecule has 0 saturated heterocycles. The van der Waals surface area contributed by atoms with Gasteiger partial charge in [-0.15, -0.1) is 25.7 Å². The SMILES string of the molecule is C#C.C#C.C/C=C/CC1(/C(C)=C/Cc2ccccc2)C=C1/C(C)=C/C(=C\C(C)c1ccccc1)c1cc(-c2ccccc2)cc(-c2ccccc2)c1.CCc1cc(-c2ccccc2)cc(-c2ccccc2)c1. The van der Waals surface area contributed by atoms with Gasteiger partial charge < -0.3 is 0 Å². The Bertz CT molecular complexity index is 3000. The smallest absolute Gasteiger partial charge is 0.0379 e. The number of hydrogen-bond acceptors (Lipinski definition) is 0. The molecule has 1 aliphatic rings. The van der Waals surface area contributed by atoms with E-state index >= 15 is 0 Å². The van der Waals surface area contributed by atoms with E-state index in [-0.39, 0.29) is 11.3 Å². The quantitative estimate of drug-likeness (QED) is 0.0546. The monoisotopic (exact) mass is 933 g/mol. The second kappa shape index (κ2) is 27.1. The van der Waals surface area contributed by atoms with Gasteiger partial charge >= 0.3 is 0 Å². The molecule has 2 unspecified atom stereocenters. The lowest BCUT2D eigenvalue weighted by molar-refractivity contribution is 0.662. The van der Waals surface area contributed by atoms with E-state index in [2.05, 4.69) is 315 Å². The number of terminal acetylenes is 2. The van der Waals surface area contributed by atoms with Crippen LogP contribution in [0.5, 0.6) is 0 Å². The van der Waals surface area contributed by atoms with Crippen LogP contribution in [0.2, 0.25) is 0 Å². The Morgan fingerprint density at radius 1 is 0.500 bits per heavy atom. The van der Waals surface area contributed by atoms with Crippen molar-refractivity contribution in [3.8, 4) is 70.2 Å². The molecule has 0 saturated carbocycles. The van der Waals surface area contributed by atoms with Gasteiger partial charge in [0.25, 0.3) is 0 Å². The first-order valence-corrected chi connectivity index (χ1v) is 25.0. The Morgan fingerprint density at radius 2 is 0.903 bits per heavy atom. The molecule has 0 heteroatoms. The lowest BCUT2D eigenvalue weighted by atomic mass is 9.83. The topological polar surface area (TPSA) is 0 Å². The van der Waals surface area contributed by atoms with Gasteiger partial charge in [0.05, 0.1) is 0 Å². The summed E-state index contributed by atoms with van der Waals surface area (Å²) in [5.74, 6) is 0.249. The third kappa shape index (κ3) is 14.1. The maximum absolute atomic E-state index is 4.00. The van der Waals surface area contributed by atoms with Crippen LogP contribution in [0.25, 0.3) is 50.1 Å². The zero-order chi connectivity index (χ0) is 51.1. The summed E-state index contributed by atoms with van der Waals surface area (Å²) in [4.78, 5) is 0. The lowest BCUT2D eigenvalue weighted by Crippen LogP contribution is -2.08. The maximum atomic E-state index is 4.00. The van der Waals surface area contributed by atoms with Gasteiger partial charge in [0.2, 0.25) is 0 Å². The molecule has 72 heavy (non-hydrogen) atoms. The van der Waals surface area contributed by atoms with Gasteiger partial charge in [0.15, 0.2) is 0 Å². The minimum atomic E-state index is -0.0287. The highest BCUT2D eigenvalue weighted by molar-refractivity contribution is 5.85. The standard InChI is InChI=1S/C48H46.C20H18.2C2H2/c1-5-6-29-48(38(4)27-28-39-19-11-7-12-20-39)35-47(48)37(3)31-43(30-36(2)40-21-13-8-14-22-40)46-33-44(41-23-15-9-16-24-41)32-45(34-46)42-25-17-10-18-26-42;1-2-16-13-19(17-9-5-3-6-10-17)15-20(14-16)18-11-7-4-8-12-18;2*1-2/h5-27,30-36H,28-29H2,1-4H3;3-15H,2H2,1H3;2*1-2H/b6-5+,37-31+,38-27+,43-30+;;;. The van der Waals surface area contributed by atoms with E-state index in [1.165, 1.54) is 89.1 Å². The number of aryl methyl sites for hydroxylation is 1. The van der Waals surface area contributed by atoms with Gasteiger partial charge in [0.1, 0.15) is 0 Å². The summed E-state index contributed by atoms with van der Waals surface area (Å²) in [5.41, 5.74) is 20.7. The molecule has 0 fully saturated rings. The molecule has 0 N–H and O–H groups in total. The largest absolute Gasteiger partial charge is 0.124 e. The van der Waals surface area contributed by atoms with Crippen LogP contribution in [0.3, 0.4) is 0 Å². The average Bonchev–Trinajstić information content (AvgIpc) is 4.22. The van der Waals surface area contributed by atoms with Gasteiger partial charge in [-0.3, -0.25) is 0 Å². The number of allylic oxidation sites excluding steroid dienone is 10. The summed E-state index contributed by atoms with van der Waals surface area (Å²) in [7, 11) is 0. The highest BCUT2D eigenvalue weighted by Gasteiger charge is 2.44. The second-order valence-corrected chi connectivity index (χ2v) is 18.1. The molecular weight excluding hydrogens is 865 g/mol. The van der Waals surface area contributed by atoms with E-state index in [1.54, 1.807) is 0 Å². The first kappa shape index (κ1) is 52.9. The molecule has 0 spiro atoms. The highest BCUT2D eigenvalue weighted by atomic mass is 14.5. The third-order valence-electron chi connectivity index (χ3n) is 13.3. The molecule has 0 nitrogen and oxygen atoms in total. The number of benzene rings is 8. The molecule has 0 radical (unpaired) electrons. The molecule has 0 aromatic heterocycles. The Morgan fingerprint density at radius 3 is 1.32 bits per heavy atom. The Labute approximate surface area is 432 Å². The van der Waals surface area contributed by atoms with E-state index < -0.39 is 0 Å². The van der Waals surface area contributed by atoms with Crippen molar-refractivity contribution in [3.05, 3.63) is 294 Å². The normalized spacial score (nSPS) is 14.5. The van der Waals surface area contributed by atoms with Crippen LogP contribution >= 0.6 is 0 Å². The summed E-state index contributed by atoms with van der Waals surface area (Å²) in [6, 6.07) is 78.2. The predicted octanol–water partition coefficient (Wildman–Crippen LogP) is 19.3. The summed E-state index contributed by atoms with van der Waals surface area (Å²) >= 11 is 0. The number of hydrogen-bond donors (Lipinski definition) is 0. The van der Waals surface area contributed by atoms with E-state index in [9.17, 15) is 0 Å². The van der Waals surface area contributed by atoms with Crippen LogP contribution in [0.15, 0.2) is 272 Å². The Kier molecular flexibility index (Phi) is 19.9. The molecule has 0 heterocycles. The van der Waals surface area contributed by atoms with E-state index in [0.29, 0.717) is 0 Å². The molecule has 8 aromatic carbocycles. The summed E-state index contributed by atoms with van der Waals surface area (Å²) in [6.45, 7) is 11.2. The van der Waals surface area contributed by atoms with Crippen molar-refractivity contribution in [1.82, 2.24) is 0 Å². The molecule has 9 rings (SSSR count). The Balaban J connectivity index is 0.000000293. The minimum Gasteiger partial charge on any atom is -0.124 e. The maximum Gasteiger partial charge on any atom is 0.0379 e. The van der Waals surface area contributed by atoms with Crippen molar-refractivity contribution < 1.29 is 0 Å². The molecule has 0 aliphatic heterocycles. The third-order valence-corrected chi connectivity index (χ3v) is 13.3. The van der Waals surface area contributed by atoms with E-state index in [1.807, 2.05) is 0 Å². The average molecular weight is 933 g/mol. The van der Waals surface area contributed by atoms with Crippen molar-refractivity contribution in [1.29, 1.82) is 0 Å². The van der Waals surface area contributed by atoms with Gasteiger partial charge in [-0.1, -0.05) is 250 Å². The van der Waals surface area contributed by atoms with Crippen LogP contribution in [-0.2, 0) is 12.8 Å². The van der Waals surface area contributed by atoms with Gasteiger partial charge in [-0.05, 0) is 154 Å². The molecule has 8 aromatic rings. The zero-order valence-corrected chi connectivity index (χ0v) is 42.8. The molecule has 0 bridgehead atoms. The van der Waals surface area contributed by atoms with Crippen molar-refractivity contribution >= 4 is 5.57 Å². The fraction of sp³-hybridized carbons (Fsp3) is 0.139. The predicted molar refractivity (Wildman–Crippen MR) is 314 cm³/mol. The minimum absolute atomic E-state index is 0.0287. The van der Waals surface area contributed by atoms with Crippen molar-refractivity contribution in [2.45, 2.75) is 59.8 Å². The number of rotatable bonds is 15. The van der Waals surface area contributed by atoms with Crippen LogP contribution in [0, 0.1) is 31.1 Å². The zero-order valence-electron chi connectivity index (χ0n) is 42.8.